The molecular weight excluding hydrogens is 1190 g/mol. The summed E-state index contributed by atoms with van der Waals surface area (Å²) in [6.07, 6.45) is 14.9. The molecular formula is C84H66N6S3. The van der Waals surface area contributed by atoms with Gasteiger partial charge in [-0.25, -0.2) is 0 Å². The zero-order valence-electron chi connectivity index (χ0n) is 52.8. The molecule has 0 amide bonds. The van der Waals surface area contributed by atoms with Gasteiger partial charge in [0.2, 0.25) is 0 Å². The van der Waals surface area contributed by atoms with E-state index in [1.165, 1.54) is 93.9 Å². The van der Waals surface area contributed by atoms with Gasteiger partial charge < -0.3 is 0 Å². The first-order valence-electron chi connectivity index (χ1n) is 31.9. The van der Waals surface area contributed by atoms with Crippen LogP contribution in [0.1, 0.15) is 56.7 Å². The monoisotopic (exact) mass is 1250 g/mol. The van der Waals surface area contributed by atoms with Gasteiger partial charge in [0.25, 0.3) is 0 Å². The number of fused-ring (bicyclic) bond motifs is 9. The van der Waals surface area contributed by atoms with Gasteiger partial charge in [-0.3, -0.25) is 29.9 Å². The van der Waals surface area contributed by atoms with E-state index in [0.29, 0.717) is 0 Å². The molecule has 0 aliphatic heterocycles. The summed E-state index contributed by atoms with van der Waals surface area (Å²) in [5.41, 5.74) is 17.9. The van der Waals surface area contributed by atoms with Crippen LogP contribution in [0.3, 0.4) is 0 Å². The van der Waals surface area contributed by atoms with Crippen molar-refractivity contribution in [2.24, 2.45) is 31.2 Å². The van der Waals surface area contributed by atoms with Crippen molar-refractivity contribution in [3.8, 4) is 67.2 Å². The number of hydrogen-bond acceptors (Lipinski definition) is 9. The molecule has 6 heterocycles. The lowest BCUT2D eigenvalue weighted by Crippen LogP contribution is -2.44. The highest BCUT2D eigenvalue weighted by atomic mass is 32.1. The lowest BCUT2D eigenvalue weighted by Gasteiger charge is -2.49. The van der Waals surface area contributed by atoms with Crippen LogP contribution < -0.4 is 0 Å². The van der Waals surface area contributed by atoms with Crippen LogP contribution >= 0.6 is 34.0 Å². The van der Waals surface area contributed by atoms with Crippen LogP contribution in [0.15, 0.2) is 252 Å². The molecule has 93 heavy (non-hydrogen) atoms. The Bertz CT molecular complexity index is 5010. The third-order valence-corrected chi connectivity index (χ3v) is 22.2. The molecule has 0 atom stereocenters. The van der Waals surface area contributed by atoms with E-state index in [1.54, 1.807) is 0 Å². The Morgan fingerprint density at radius 2 is 0.581 bits per heavy atom. The minimum Gasteiger partial charge on any atom is -0.259 e. The number of pyridine rings is 3. The average molecular weight is 1260 g/mol. The normalized spacial score (nSPS) is 17.9. The second kappa shape index (κ2) is 23.3. The molecule has 1 saturated carbocycles. The summed E-state index contributed by atoms with van der Waals surface area (Å²) in [6, 6.07) is 79.0. The standard InChI is InChI=1S/C84H66N6S3/c1-52-37-67(58-22-13-19-55(40-58)61-28-16-34-76-79(61)64-25-7-10-31-73(64)91-76)85-43-70(52)88-49-82(4)46-83(5,50-89-71-44-86-68(38-53(71)2)59-23-14-20-56(41-59)62-29-17-35-77-80(62)65-26-8-11-32-74(65)92-77)48-84(6,47-82)51-90-72-45-87-69(39-54(72)3)60-24-15-21-57(42-60)63-30-18-36-78-81(63)66-27-9-12-33-75(66)93-78/h7-45,49-51H,46-48H2,1-6H3. The van der Waals surface area contributed by atoms with Crippen molar-refractivity contribution in [2.75, 3.05) is 0 Å². The zero-order chi connectivity index (χ0) is 63.0. The van der Waals surface area contributed by atoms with Crippen molar-refractivity contribution in [2.45, 2.75) is 60.8 Å². The Kier molecular flexibility index (Phi) is 14.6. The molecule has 1 aliphatic carbocycles. The molecule has 6 aromatic heterocycles. The maximum Gasteiger partial charge on any atom is 0.0838 e. The third-order valence-electron chi connectivity index (χ3n) is 18.8. The van der Waals surface area contributed by atoms with E-state index >= 15 is 0 Å². The van der Waals surface area contributed by atoms with Crippen molar-refractivity contribution in [3.05, 3.63) is 254 Å². The Balaban J connectivity index is 0.697. The van der Waals surface area contributed by atoms with E-state index in [-0.39, 0.29) is 16.2 Å². The van der Waals surface area contributed by atoms with Crippen LogP contribution in [0.2, 0.25) is 0 Å². The van der Waals surface area contributed by atoms with Gasteiger partial charge in [0, 0.05) is 112 Å². The summed E-state index contributed by atoms with van der Waals surface area (Å²) in [5, 5.41) is 7.80. The van der Waals surface area contributed by atoms with Crippen molar-refractivity contribution in [3.63, 3.8) is 0 Å². The summed E-state index contributed by atoms with van der Waals surface area (Å²) < 4.78 is 7.79. The smallest absolute Gasteiger partial charge is 0.0838 e. The van der Waals surface area contributed by atoms with Crippen LogP contribution in [-0.4, -0.2) is 33.6 Å². The molecule has 1 aliphatic rings. The van der Waals surface area contributed by atoms with Gasteiger partial charge in [-0.05, 0) is 163 Å². The number of hydrogen-bond donors (Lipinski definition) is 0. The number of nitrogens with zero attached hydrogens (tertiary/aromatic N) is 6. The summed E-state index contributed by atoms with van der Waals surface area (Å²) in [4.78, 5) is 31.3. The van der Waals surface area contributed by atoms with E-state index in [4.69, 9.17) is 29.9 Å². The molecule has 15 aromatic rings. The van der Waals surface area contributed by atoms with Crippen LogP contribution in [-0.2, 0) is 0 Å². The third kappa shape index (κ3) is 11.1. The lowest BCUT2D eigenvalue weighted by atomic mass is 9.55. The van der Waals surface area contributed by atoms with E-state index in [0.717, 1.165) is 86.8 Å². The first-order valence-corrected chi connectivity index (χ1v) is 34.3. The van der Waals surface area contributed by atoms with E-state index < -0.39 is 0 Å². The van der Waals surface area contributed by atoms with Crippen molar-refractivity contribution in [1.29, 1.82) is 0 Å². The largest absolute Gasteiger partial charge is 0.259 e. The molecule has 0 spiro atoms. The highest BCUT2D eigenvalue weighted by Crippen LogP contribution is 2.54. The predicted molar refractivity (Wildman–Crippen MR) is 401 cm³/mol. The second-order valence-corrected chi connectivity index (χ2v) is 29.7. The Labute approximate surface area is 554 Å². The molecule has 6 nitrogen and oxygen atoms in total. The van der Waals surface area contributed by atoms with Gasteiger partial charge >= 0.3 is 0 Å². The van der Waals surface area contributed by atoms with E-state index in [2.05, 4.69) is 279 Å². The first kappa shape index (κ1) is 58.2. The van der Waals surface area contributed by atoms with Crippen molar-refractivity contribution in [1.82, 2.24) is 15.0 Å². The Morgan fingerprint density at radius 1 is 0.312 bits per heavy atom. The number of rotatable bonds is 12. The topological polar surface area (TPSA) is 75.8 Å². The SMILES string of the molecule is Cc1cc(-c2cccc(-c3cccc4sc5ccccc5c34)c2)ncc1N=CC1(C)CC(C)(C=Nc2cnc(-c3cccc(-c4cccc5sc6ccccc6c45)c3)cc2C)CC(C)(C=Nc2cnc(-c3cccc(-c4cccc5sc6ccccc6c45)c3)cc2C)C1. The number of thiophene rings is 3. The maximum absolute atomic E-state index is 5.34. The summed E-state index contributed by atoms with van der Waals surface area (Å²) in [7, 11) is 0. The summed E-state index contributed by atoms with van der Waals surface area (Å²) >= 11 is 5.55. The zero-order valence-corrected chi connectivity index (χ0v) is 55.2. The molecule has 1 fully saturated rings. The van der Waals surface area contributed by atoms with Gasteiger partial charge in [-0.15, -0.1) is 34.0 Å². The lowest BCUT2D eigenvalue weighted by molar-refractivity contribution is 0.121. The minimum atomic E-state index is -0.351. The number of aromatic nitrogens is 3. The molecule has 9 heteroatoms. The molecule has 450 valence electrons. The number of aliphatic imine (C=N–C) groups is 3. The number of benzene rings is 9. The quantitative estimate of drug-likeness (QED) is 0.114. The van der Waals surface area contributed by atoms with Gasteiger partial charge in [-0.1, -0.05) is 166 Å². The fourth-order valence-electron chi connectivity index (χ4n) is 15.0. The molecule has 0 radical (unpaired) electrons. The molecule has 0 saturated heterocycles. The highest BCUT2D eigenvalue weighted by molar-refractivity contribution is 7.26. The summed E-state index contributed by atoms with van der Waals surface area (Å²) in [6.45, 7) is 13.5. The van der Waals surface area contributed by atoms with Crippen molar-refractivity contribution < 1.29 is 0 Å². The van der Waals surface area contributed by atoms with Crippen LogP contribution in [0.5, 0.6) is 0 Å². The van der Waals surface area contributed by atoms with Crippen LogP contribution in [0, 0.1) is 37.0 Å². The van der Waals surface area contributed by atoms with E-state index in [1.807, 2.05) is 52.6 Å². The van der Waals surface area contributed by atoms with E-state index in [9.17, 15) is 0 Å². The van der Waals surface area contributed by atoms with Gasteiger partial charge in [0.1, 0.15) is 0 Å². The molecule has 9 aromatic carbocycles. The Morgan fingerprint density at radius 3 is 0.882 bits per heavy atom. The van der Waals surface area contributed by atoms with Crippen LogP contribution in [0.4, 0.5) is 17.1 Å². The van der Waals surface area contributed by atoms with Gasteiger partial charge in [0.05, 0.1) is 52.7 Å². The molecule has 0 N–H and O–H groups in total. The van der Waals surface area contributed by atoms with Gasteiger partial charge in [0.15, 0.2) is 0 Å². The predicted octanol–water partition coefficient (Wildman–Crippen LogP) is 24.6. The molecule has 16 rings (SSSR count). The second-order valence-electron chi connectivity index (χ2n) is 26.4. The fraction of sp³-hybridized carbons (Fsp3) is 0.143. The van der Waals surface area contributed by atoms with Gasteiger partial charge in [-0.2, -0.15) is 0 Å². The first-order chi connectivity index (χ1) is 45.3. The minimum absolute atomic E-state index is 0.351. The number of aryl methyl sites for hydroxylation is 3. The molecule has 0 unspecified atom stereocenters. The maximum atomic E-state index is 5.34. The summed E-state index contributed by atoms with van der Waals surface area (Å²) in [5.74, 6) is 0. The van der Waals surface area contributed by atoms with Crippen molar-refractivity contribution >= 4 is 130 Å². The molecule has 0 bridgehead atoms. The van der Waals surface area contributed by atoms with Crippen LogP contribution in [0.25, 0.3) is 128 Å². The average Bonchev–Trinajstić information content (AvgIpc) is 1.73. The highest BCUT2D eigenvalue weighted by Gasteiger charge is 2.47. The fourth-order valence-corrected chi connectivity index (χ4v) is 18.4. The Hall–Kier alpha value is -9.90.